The Labute approximate surface area is 131 Å². The van der Waals surface area contributed by atoms with Crippen LogP contribution in [0.4, 0.5) is 5.69 Å². The van der Waals surface area contributed by atoms with Gasteiger partial charge in [-0.2, -0.15) is 0 Å². The first-order valence-electron chi connectivity index (χ1n) is 6.65. The maximum atomic E-state index is 11.9. The number of nitrogens with zero attached hydrogens (tertiary/aromatic N) is 1. The number of nitro groups is 1. The smallest absolute Gasteiger partial charge is 0.355 e. The first kappa shape index (κ1) is 16.2. The lowest BCUT2D eigenvalue weighted by molar-refractivity contribution is -0.385. The molecule has 120 valence electrons. The zero-order valence-electron chi connectivity index (χ0n) is 12.3. The van der Waals surface area contributed by atoms with Crippen LogP contribution in [0.2, 0.25) is 0 Å². The van der Waals surface area contributed by atoms with E-state index in [-0.39, 0.29) is 23.6 Å². The minimum Gasteiger partial charge on any atom is -0.464 e. The van der Waals surface area contributed by atoms with Crippen molar-refractivity contribution in [2.45, 2.75) is 13.0 Å². The molecule has 8 heteroatoms. The number of hydrogen-bond donors (Lipinski definition) is 1. The first-order chi connectivity index (χ1) is 11.0. The van der Waals surface area contributed by atoms with E-state index < -0.39 is 23.3 Å². The van der Waals surface area contributed by atoms with Crippen LogP contribution < -0.4 is 0 Å². The molecule has 0 unspecified atom stereocenters. The quantitative estimate of drug-likeness (QED) is 0.495. The predicted molar refractivity (Wildman–Crippen MR) is 78.7 cm³/mol. The second-order valence-corrected chi connectivity index (χ2v) is 4.60. The highest BCUT2D eigenvalue weighted by molar-refractivity contribution is 5.92. The second-order valence-electron chi connectivity index (χ2n) is 4.60. The van der Waals surface area contributed by atoms with Crippen molar-refractivity contribution in [1.82, 2.24) is 4.98 Å². The number of aromatic nitrogens is 1. The van der Waals surface area contributed by atoms with Gasteiger partial charge < -0.3 is 14.5 Å². The summed E-state index contributed by atoms with van der Waals surface area (Å²) < 4.78 is 9.61. The van der Waals surface area contributed by atoms with Crippen molar-refractivity contribution < 1.29 is 24.0 Å². The van der Waals surface area contributed by atoms with Gasteiger partial charge in [0.05, 0.1) is 30.2 Å². The number of carbonyl (C=O) groups excluding carboxylic acids is 2. The Morgan fingerprint density at radius 2 is 1.96 bits per heavy atom. The van der Waals surface area contributed by atoms with Gasteiger partial charge in [0, 0.05) is 0 Å². The molecule has 1 N–H and O–H groups in total. The third kappa shape index (κ3) is 3.94. The van der Waals surface area contributed by atoms with E-state index in [9.17, 15) is 19.7 Å². The summed E-state index contributed by atoms with van der Waals surface area (Å²) in [5, 5.41) is 11.0. The van der Waals surface area contributed by atoms with E-state index in [1.807, 2.05) is 6.07 Å². The van der Waals surface area contributed by atoms with Crippen molar-refractivity contribution in [3.63, 3.8) is 0 Å². The van der Waals surface area contributed by atoms with E-state index >= 15 is 0 Å². The molecule has 0 aliphatic heterocycles. The van der Waals surface area contributed by atoms with E-state index in [4.69, 9.17) is 4.74 Å². The fraction of sp³-hybridized carbons (Fsp3) is 0.200. The zero-order valence-corrected chi connectivity index (χ0v) is 12.3. The highest BCUT2D eigenvalue weighted by Gasteiger charge is 2.27. The molecule has 0 saturated heterocycles. The third-order valence-corrected chi connectivity index (χ3v) is 3.11. The molecule has 0 bridgehead atoms. The van der Waals surface area contributed by atoms with Gasteiger partial charge in [0.1, 0.15) is 12.3 Å². The predicted octanol–water partition coefficient (Wildman–Crippen LogP) is 2.00. The number of esters is 2. The van der Waals surface area contributed by atoms with E-state index in [1.165, 1.54) is 0 Å². The Bertz CT molecular complexity index is 723. The minimum atomic E-state index is -0.788. The summed E-state index contributed by atoms with van der Waals surface area (Å²) in [6.07, 6.45) is 0.642. The number of aromatic amines is 1. The average Bonchev–Trinajstić information content (AvgIpc) is 2.97. The molecular formula is C15H14N2O6. The lowest BCUT2D eigenvalue weighted by Gasteiger charge is -2.05. The maximum Gasteiger partial charge on any atom is 0.355 e. The summed E-state index contributed by atoms with van der Waals surface area (Å²) in [6.45, 7) is 0.0471. The number of carbonyl (C=O) groups is 2. The first-order valence-corrected chi connectivity index (χ1v) is 6.65. The molecule has 0 amide bonds. The molecule has 8 nitrogen and oxygen atoms in total. The molecule has 0 radical (unpaired) electrons. The van der Waals surface area contributed by atoms with Crippen molar-refractivity contribution in [3.05, 3.63) is 63.5 Å². The van der Waals surface area contributed by atoms with Crippen molar-refractivity contribution >= 4 is 17.6 Å². The van der Waals surface area contributed by atoms with Gasteiger partial charge in [-0.25, -0.2) is 4.79 Å². The lowest BCUT2D eigenvalue weighted by atomic mass is 10.1. The van der Waals surface area contributed by atoms with E-state index in [1.54, 1.807) is 24.3 Å². The van der Waals surface area contributed by atoms with Gasteiger partial charge >= 0.3 is 11.9 Å². The number of hydrogen-bond acceptors (Lipinski definition) is 6. The van der Waals surface area contributed by atoms with Crippen LogP contribution in [0, 0.1) is 10.1 Å². The molecule has 1 aromatic heterocycles. The summed E-state index contributed by atoms with van der Waals surface area (Å²) in [5.41, 5.74) is 0.246. The average molecular weight is 318 g/mol. The number of ether oxygens (including phenoxy) is 2. The van der Waals surface area contributed by atoms with Crippen LogP contribution in [0.3, 0.4) is 0 Å². The summed E-state index contributed by atoms with van der Waals surface area (Å²) in [5.74, 6) is -1.47. The van der Waals surface area contributed by atoms with Crippen molar-refractivity contribution in [3.8, 4) is 0 Å². The van der Waals surface area contributed by atoms with E-state index in [0.717, 1.165) is 18.9 Å². The Morgan fingerprint density at radius 1 is 1.26 bits per heavy atom. The summed E-state index contributed by atoms with van der Waals surface area (Å²) >= 11 is 0. The van der Waals surface area contributed by atoms with Gasteiger partial charge in [0.2, 0.25) is 0 Å². The standard InChI is InChI=1S/C15H14N2O6/c1-22-15(19)14-11(12(8-16-14)17(20)21)7-13(18)23-9-10-5-3-2-4-6-10/h2-6,8,16H,7,9H2,1H3. The van der Waals surface area contributed by atoms with Crippen LogP contribution in [0.25, 0.3) is 0 Å². The fourth-order valence-corrected chi connectivity index (χ4v) is 2.00. The number of methoxy groups -OCH3 is 1. The van der Waals surface area contributed by atoms with Gasteiger partial charge in [-0.05, 0) is 5.56 Å². The van der Waals surface area contributed by atoms with E-state index in [0.29, 0.717) is 0 Å². The highest BCUT2D eigenvalue weighted by Crippen LogP contribution is 2.23. The molecule has 2 aromatic rings. The van der Waals surface area contributed by atoms with Gasteiger partial charge in [-0.1, -0.05) is 30.3 Å². The Balaban J connectivity index is 2.11. The molecule has 23 heavy (non-hydrogen) atoms. The van der Waals surface area contributed by atoms with Crippen LogP contribution >= 0.6 is 0 Å². The molecule has 0 spiro atoms. The molecule has 0 aliphatic carbocycles. The van der Waals surface area contributed by atoms with Crippen molar-refractivity contribution in [2.75, 3.05) is 7.11 Å². The van der Waals surface area contributed by atoms with Gasteiger partial charge in [0.15, 0.2) is 0 Å². The van der Waals surface area contributed by atoms with Crippen LogP contribution in [-0.2, 0) is 27.3 Å². The molecule has 0 atom stereocenters. The number of benzene rings is 1. The zero-order chi connectivity index (χ0) is 16.8. The normalized spacial score (nSPS) is 10.1. The monoisotopic (exact) mass is 318 g/mol. The summed E-state index contributed by atoms with van der Waals surface area (Å²) in [7, 11) is 1.15. The fourth-order valence-electron chi connectivity index (χ4n) is 2.00. The molecule has 1 aromatic carbocycles. The molecule has 1 heterocycles. The molecular weight excluding hydrogens is 304 g/mol. The molecule has 2 rings (SSSR count). The summed E-state index contributed by atoms with van der Waals surface area (Å²) in [6, 6.07) is 9.00. The largest absolute Gasteiger partial charge is 0.464 e. The van der Waals surface area contributed by atoms with Crippen LogP contribution in [-0.4, -0.2) is 29.0 Å². The number of H-pyrrole nitrogens is 1. The van der Waals surface area contributed by atoms with Crippen LogP contribution in [0.1, 0.15) is 21.6 Å². The Kier molecular flexibility index (Phi) is 5.08. The van der Waals surface area contributed by atoms with Crippen molar-refractivity contribution in [1.29, 1.82) is 0 Å². The second kappa shape index (κ2) is 7.21. The topological polar surface area (TPSA) is 112 Å². The minimum absolute atomic E-state index is 0.0471. The highest BCUT2D eigenvalue weighted by atomic mass is 16.6. The third-order valence-electron chi connectivity index (χ3n) is 3.11. The SMILES string of the molecule is COC(=O)c1[nH]cc([N+](=O)[O-])c1CC(=O)OCc1ccccc1. The molecule has 0 fully saturated rings. The molecule has 0 saturated carbocycles. The van der Waals surface area contributed by atoms with E-state index in [2.05, 4.69) is 9.72 Å². The molecule has 0 aliphatic rings. The van der Waals surface area contributed by atoms with Crippen LogP contribution in [0.5, 0.6) is 0 Å². The van der Waals surface area contributed by atoms with Crippen LogP contribution in [0.15, 0.2) is 36.5 Å². The maximum absolute atomic E-state index is 11.9. The summed E-state index contributed by atoms with van der Waals surface area (Å²) in [4.78, 5) is 36.3. The van der Waals surface area contributed by atoms with Gasteiger partial charge in [-0.15, -0.1) is 0 Å². The Hall–Kier alpha value is -3.16. The van der Waals surface area contributed by atoms with Crippen molar-refractivity contribution in [2.24, 2.45) is 0 Å². The number of rotatable bonds is 6. The lowest BCUT2D eigenvalue weighted by Crippen LogP contribution is -2.13. The van der Waals surface area contributed by atoms with Gasteiger partial charge in [0.25, 0.3) is 5.69 Å². The Morgan fingerprint density at radius 3 is 2.57 bits per heavy atom. The van der Waals surface area contributed by atoms with Gasteiger partial charge in [-0.3, -0.25) is 14.9 Å². The number of nitrogens with one attached hydrogen (secondary N) is 1.